The summed E-state index contributed by atoms with van der Waals surface area (Å²) in [4.78, 5) is 12.3. The zero-order valence-electron chi connectivity index (χ0n) is 15.1. The molecule has 26 heavy (non-hydrogen) atoms. The molecule has 0 spiro atoms. The minimum atomic E-state index is -0.978. The Morgan fingerprint density at radius 3 is 2.38 bits per heavy atom. The predicted octanol–water partition coefficient (Wildman–Crippen LogP) is 4.28. The van der Waals surface area contributed by atoms with E-state index in [1.54, 1.807) is 19.9 Å². The van der Waals surface area contributed by atoms with Gasteiger partial charge in [0.05, 0.1) is 11.9 Å². The van der Waals surface area contributed by atoms with Gasteiger partial charge in [-0.15, -0.1) is 0 Å². The highest BCUT2D eigenvalue weighted by atomic mass is 32.2. The number of carbonyl (C=O) groups excluding carboxylic acids is 1. The Balaban J connectivity index is 1.45. The molecular weight excluding hydrogens is 350 g/mol. The minimum absolute atomic E-state index is 0.495. The topological polar surface area (TPSA) is 71.7 Å². The summed E-state index contributed by atoms with van der Waals surface area (Å²) in [5, 5.41) is 10.5. The highest BCUT2D eigenvalue weighted by Crippen LogP contribution is 2.40. The molecule has 0 unspecified atom stereocenters. The van der Waals surface area contributed by atoms with Gasteiger partial charge in [-0.1, -0.05) is 6.07 Å². The fraction of sp³-hybridized carbons (Fsp3) is 0.450. The van der Waals surface area contributed by atoms with Gasteiger partial charge < -0.3 is 14.3 Å². The average molecular weight is 373 g/mol. The number of nitrogens with one attached hydrogen (secondary N) is 1. The zero-order valence-corrected chi connectivity index (χ0v) is 15.9. The number of aryl methyl sites for hydroxylation is 2. The van der Waals surface area contributed by atoms with Crippen LogP contribution in [0.3, 0.4) is 0 Å². The smallest absolute Gasteiger partial charge is 0.423 e. The highest BCUT2D eigenvalue weighted by molar-refractivity contribution is 7.97. The van der Waals surface area contributed by atoms with Crippen LogP contribution in [0.1, 0.15) is 54.5 Å². The predicted molar refractivity (Wildman–Crippen MR) is 99.5 cm³/mol. The molecule has 138 valence electrons. The van der Waals surface area contributed by atoms with Crippen LogP contribution < -0.4 is 9.46 Å². The molecule has 4 rings (SSSR count). The van der Waals surface area contributed by atoms with Crippen molar-refractivity contribution in [1.82, 2.24) is 4.72 Å². The molecule has 6 heteroatoms. The van der Waals surface area contributed by atoms with E-state index >= 15 is 0 Å². The first-order valence-corrected chi connectivity index (χ1v) is 9.86. The third-order valence-electron chi connectivity index (χ3n) is 5.13. The van der Waals surface area contributed by atoms with Crippen LogP contribution in [0.2, 0.25) is 0 Å². The highest BCUT2D eigenvalue weighted by Gasteiger charge is 2.26. The summed E-state index contributed by atoms with van der Waals surface area (Å²) in [5.74, 6) is 0.780. The number of amides is 1. The van der Waals surface area contributed by atoms with E-state index in [-0.39, 0.29) is 0 Å². The standard InChI is InChI=1S/C20H23NO4S/c1-20(2,23)14-10-17(24-11-14)26-21-19(22)25-18-15-7-3-5-12(15)9-13-6-4-8-16(13)18/h9-11,23H,3-8H2,1-2H3,(H,21,22). The lowest BCUT2D eigenvalue weighted by molar-refractivity contribution is 0.0779. The lowest BCUT2D eigenvalue weighted by Gasteiger charge is -2.14. The van der Waals surface area contributed by atoms with Crippen molar-refractivity contribution in [2.24, 2.45) is 0 Å². The molecule has 0 saturated carbocycles. The van der Waals surface area contributed by atoms with Gasteiger partial charge in [-0.3, -0.25) is 4.72 Å². The van der Waals surface area contributed by atoms with Gasteiger partial charge in [-0.2, -0.15) is 0 Å². The molecule has 2 N–H and O–H groups in total. The third-order valence-corrected chi connectivity index (χ3v) is 5.81. The second kappa shape index (κ2) is 6.67. The molecule has 1 aromatic heterocycles. The number of carbonyl (C=O) groups is 1. The van der Waals surface area contributed by atoms with Crippen molar-refractivity contribution < 1.29 is 19.1 Å². The quantitative estimate of drug-likeness (QED) is 0.783. The lowest BCUT2D eigenvalue weighted by atomic mass is 10.0. The summed E-state index contributed by atoms with van der Waals surface area (Å²) in [6.45, 7) is 3.37. The van der Waals surface area contributed by atoms with E-state index in [2.05, 4.69) is 10.8 Å². The molecule has 0 bridgehead atoms. The van der Waals surface area contributed by atoms with Gasteiger partial charge in [-0.05, 0) is 80.7 Å². The van der Waals surface area contributed by atoms with Crippen molar-refractivity contribution in [3.63, 3.8) is 0 Å². The SMILES string of the molecule is CC(C)(O)c1coc(SNC(=O)Oc2c3c(cc4c2CCC4)CCC3)c1. The lowest BCUT2D eigenvalue weighted by Crippen LogP contribution is -2.21. The van der Waals surface area contributed by atoms with Crippen LogP contribution in [0.15, 0.2) is 27.9 Å². The number of hydrogen-bond donors (Lipinski definition) is 2. The van der Waals surface area contributed by atoms with Crippen molar-refractivity contribution in [2.75, 3.05) is 0 Å². The first-order chi connectivity index (χ1) is 12.4. The van der Waals surface area contributed by atoms with E-state index in [0.29, 0.717) is 10.7 Å². The second-order valence-corrected chi connectivity index (χ2v) is 8.31. The summed E-state index contributed by atoms with van der Waals surface area (Å²) < 4.78 is 13.8. The minimum Gasteiger partial charge on any atom is -0.456 e. The number of fused-ring (bicyclic) bond motifs is 2. The van der Waals surface area contributed by atoms with E-state index in [1.165, 1.54) is 28.5 Å². The molecule has 5 nitrogen and oxygen atoms in total. The normalized spacial score (nSPS) is 15.7. The molecule has 2 aliphatic rings. The maximum absolute atomic E-state index is 12.3. The van der Waals surface area contributed by atoms with Crippen molar-refractivity contribution in [2.45, 2.75) is 63.1 Å². The first kappa shape index (κ1) is 17.5. The van der Waals surface area contributed by atoms with Gasteiger partial charge in [0.1, 0.15) is 5.75 Å². The molecule has 0 atom stereocenters. The van der Waals surface area contributed by atoms with Crippen LogP contribution in [0.4, 0.5) is 4.79 Å². The van der Waals surface area contributed by atoms with E-state index in [4.69, 9.17) is 9.15 Å². The Morgan fingerprint density at radius 2 is 1.81 bits per heavy atom. The Hall–Kier alpha value is -1.92. The van der Waals surface area contributed by atoms with Crippen LogP contribution >= 0.6 is 11.9 Å². The van der Waals surface area contributed by atoms with Gasteiger partial charge in [0.15, 0.2) is 5.09 Å². The van der Waals surface area contributed by atoms with Gasteiger partial charge >= 0.3 is 6.09 Å². The average Bonchev–Trinajstić information content (AvgIpc) is 3.31. The number of aliphatic hydroxyl groups is 1. The molecule has 0 radical (unpaired) electrons. The first-order valence-electron chi connectivity index (χ1n) is 9.04. The molecule has 1 heterocycles. The zero-order chi connectivity index (χ0) is 18.3. The Labute approximate surface area is 157 Å². The summed E-state index contributed by atoms with van der Waals surface area (Å²) in [7, 11) is 0. The summed E-state index contributed by atoms with van der Waals surface area (Å²) in [5.41, 5.74) is 4.76. The van der Waals surface area contributed by atoms with Crippen LogP contribution in [-0.4, -0.2) is 11.2 Å². The molecule has 0 aliphatic heterocycles. The maximum Gasteiger partial charge on any atom is 0.423 e. The van der Waals surface area contributed by atoms with Crippen molar-refractivity contribution >= 4 is 18.0 Å². The van der Waals surface area contributed by atoms with E-state index in [1.807, 2.05) is 0 Å². The summed E-state index contributed by atoms with van der Waals surface area (Å²) in [6, 6.07) is 4.02. The number of benzene rings is 1. The van der Waals surface area contributed by atoms with Gasteiger partial charge in [0.25, 0.3) is 0 Å². The molecule has 0 saturated heterocycles. The molecule has 2 aromatic rings. The van der Waals surface area contributed by atoms with Crippen LogP contribution in [0, 0.1) is 0 Å². The Morgan fingerprint density at radius 1 is 1.15 bits per heavy atom. The van der Waals surface area contributed by atoms with Gasteiger partial charge in [0.2, 0.25) is 0 Å². The van der Waals surface area contributed by atoms with E-state index < -0.39 is 11.7 Å². The van der Waals surface area contributed by atoms with E-state index in [0.717, 1.165) is 56.2 Å². The summed E-state index contributed by atoms with van der Waals surface area (Å²) in [6.07, 6.45) is 7.34. The fourth-order valence-corrected chi connectivity index (χ4v) is 4.29. The number of ether oxygens (including phenoxy) is 1. The largest absolute Gasteiger partial charge is 0.456 e. The second-order valence-electron chi connectivity index (χ2n) is 7.50. The number of hydrogen-bond acceptors (Lipinski definition) is 5. The molecule has 1 aromatic carbocycles. The van der Waals surface area contributed by atoms with Gasteiger partial charge in [0, 0.05) is 17.5 Å². The summed E-state index contributed by atoms with van der Waals surface area (Å²) >= 11 is 1.05. The molecule has 2 aliphatic carbocycles. The van der Waals surface area contributed by atoms with Crippen molar-refractivity contribution in [3.8, 4) is 5.75 Å². The maximum atomic E-state index is 12.3. The third kappa shape index (κ3) is 3.35. The van der Waals surface area contributed by atoms with Crippen molar-refractivity contribution in [1.29, 1.82) is 0 Å². The van der Waals surface area contributed by atoms with Gasteiger partial charge in [-0.25, -0.2) is 4.79 Å². The number of rotatable bonds is 4. The molecule has 1 amide bonds. The Bertz CT molecular complexity index is 818. The van der Waals surface area contributed by atoms with Crippen molar-refractivity contribution in [3.05, 3.63) is 46.2 Å². The fourth-order valence-electron chi connectivity index (χ4n) is 3.78. The van der Waals surface area contributed by atoms with E-state index in [9.17, 15) is 9.90 Å². The van der Waals surface area contributed by atoms with Crippen LogP contribution in [-0.2, 0) is 31.3 Å². The monoisotopic (exact) mass is 373 g/mol. The molecular formula is C20H23NO4S. The van der Waals surface area contributed by atoms with Crippen LogP contribution in [0.5, 0.6) is 5.75 Å². The number of furan rings is 1. The Kier molecular flexibility index (Phi) is 4.49. The molecule has 0 fully saturated rings. The van der Waals surface area contributed by atoms with Crippen LogP contribution in [0.25, 0.3) is 0 Å².